The van der Waals surface area contributed by atoms with Gasteiger partial charge in [-0.3, -0.25) is 4.79 Å². The summed E-state index contributed by atoms with van der Waals surface area (Å²) in [4.78, 5) is 35.8. The summed E-state index contributed by atoms with van der Waals surface area (Å²) in [6, 6.07) is 3.09. The molecular formula is C19H20F3NO6. The van der Waals surface area contributed by atoms with E-state index in [1.165, 1.54) is 7.11 Å². The first-order chi connectivity index (χ1) is 13.6. The Kier molecular flexibility index (Phi) is 6.89. The molecule has 0 fully saturated rings. The van der Waals surface area contributed by atoms with Crippen LogP contribution in [-0.4, -0.2) is 38.3 Å². The van der Waals surface area contributed by atoms with Crippen molar-refractivity contribution in [3.05, 3.63) is 39.7 Å². The number of carbonyl (C=O) groups is 2. The lowest BCUT2D eigenvalue weighted by atomic mass is 10.0. The van der Waals surface area contributed by atoms with Gasteiger partial charge in [0.2, 0.25) is 5.91 Å². The molecule has 1 heterocycles. The first kappa shape index (κ1) is 22.3. The number of hydrogen-bond donors (Lipinski definition) is 1. The molecule has 0 unspecified atom stereocenters. The third-order valence-corrected chi connectivity index (χ3v) is 4.35. The Hall–Kier alpha value is -3.04. The van der Waals surface area contributed by atoms with Crippen molar-refractivity contribution in [3.8, 4) is 5.75 Å². The van der Waals surface area contributed by atoms with Gasteiger partial charge in [0.05, 0.1) is 20.6 Å². The van der Waals surface area contributed by atoms with Crippen molar-refractivity contribution in [2.24, 2.45) is 0 Å². The van der Waals surface area contributed by atoms with Gasteiger partial charge in [-0.05, 0) is 31.0 Å². The first-order valence-electron chi connectivity index (χ1n) is 8.60. The minimum atomic E-state index is -4.66. The molecular weight excluding hydrogens is 395 g/mol. The maximum absolute atomic E-state index is 12.6. The monoisotopic (exact) mass is 415 g/mol. The zero-order chi connectivity index (χ0) is 21.8. The van der Waals surface area contributed by atoms with Crippen molar-refractivity contribution in [1.82, 2.24) is 5.32 Å². The number of aryl methyl sites for hydroxylation is 1. The first-order valence-corrected chi connectivity index (χ1v) is 8.60. The second-order valence-corrected chi connectivity index (χ2v) is 6.32. The number of amides is 1. The summed E-state index contributed by atoms with van der Waals surface area (Å²) in [5.74, 6) is -1.52. The van der Waals surface area contributed by atoms with Crippen LogP contribution in [0.4, 0.5) is 13.2 Å². The van der Waals surface area contributed by atoms with Gasteiger partial charge in [0.15, 0.2) is 0 Å². The lowest BCUT2D eigenvalue weighted by molar-refractivity contribution is -0.162. The SMILES string of the molecule is COC(=O)[C@H](CC(F)(F)F)NC(=O)CCc1c(C)c2ccc(OC)cc2oc1=O. The lowest BCUT2D eigenvalue weighted by Gasteiger charge is -2.18. The highest BCUT2D eigenvalue weighted by molar-refractivity contribution is 5.85. The van der Waals surface area contributed by atoms with E-state index in [4.69, 9.17) is 9.15 Å². The fourth-order valence-electron chi connectivity index (χ4n) is 2.86. The molecule has 10 heteroatoms. The molecule has 1 N–H and O–H groups in total. The molecule has 0 aliphatic carbocycles. The normalized spacial score (nSPS) is 12.5. The third kappa shape index (κ3) is 5.72. The van der Waals surface area contributed by atoms with E-state index in [2.05, 4.69) is 4.74 Å². The molecule has 0 aliphatic rings. The fourth-order valence-corrected chi connectivity index (χ4v) is 2.86. The Labute approximate surface area is 163 Å². The number of nitrogens with one attached hydrogen (secondary N) is 1. The molecule has 158 valence electrons. The summed E-state index contributed by atoms with van der Waals surface area (Å²) in [6.07, 6.45) is -6.59. The van der Waals surface area contributed by atoms with Crippen molar-refractivity contribution in [1.29, 1.82) is 0 Å². The Morgan fingerprint density at radius 3 is 2.52 bits per heavy atom. The molecule has 1 aromatic heterocycles. The number of methoxy groups -OCH3 is 2. The van der Waals surface area contributed by atoms with Crippen molar-refractivity contribution in [3.63, 3.8) is 0 Å². The molecule has 0 radical (unpaired) electrons. The van der Waals surface area contributed by atoms with E-state index < -0.39 is 36.1 Å². The van der Waals surface area contributed by atoms with Crippen LogP contribution < -0.4 is 15.7 Å². The molecule has 0 aliphatic heterocycles. The number of esters is 1. The summed E-state index contributed by atoms with van der Waals surface area (Å²) in [7, 11) is 2.40. The summed E-state index contributed by atoms with van der Waals surface area (Å²) < 4.78 is 52.4. The average Bonchev–Trinajstić information content (AvgIpc) is 2.64. The topological polar surface area (TPSA) is 94.8 Å². The predicted molar refractivity (Wildman–Crippen MR) is 96.7 cm³/mol. The van der Waals surface area contributed by atoms with Crippen molar-refractivity contribution in [2.45, 2.75) is 38.4 Å². The van der Waals surface area contributed by atoms with Crippen LogP contribution in [0.2, 0.25) is 0 Å². The van der Waals surface area contributed by atoms with Crippen molar-refractivity contribution < 1.29 is 36.7 Å². The second-order valence-electron chi connectivity index (χ2n) is 6.32. The summed E-state index contributed by atoms with van der Waals surface area (Å²) >= 11 is 0. The minimum Gasteiger partial charge on any atom is -0.497 e. The Morgan fingerprint density at radius 2 is 1.93 bits per heavy atom. The number of fused-ring (bicyclic) bond motifs is 1. The highest BCUT2D eigenvalue weighted by atomic mass is 19.4. The number of halogens is 3. The van der Waals surface area contributed by atoms with E-state index in [0.29, 0.717) is 22.3 Å². The zero-order valence-electron chi connectivity index (χ0n) is 16.0. The van der Waals surface area contributed by atoms with Gasteiger partial charge in [0.25, 0.3) is 0 Å². The van der Waals surface area contributed by atoms with Crippen LogP contribution in [0.5, 0.6) is 5.75 Å². The molecule has 1 aromatic carbocycles. The van der Waals surface area contributed by atoms with Gasteiger partial charge in [-0.15, -0.1) is 0 Å². The molecule has 0 saturated heterocycles. The maximum Gasteiger partial charge on any atom is 0.391 e. The number of ether oxygens (including phenoxy) is 2. The van der Waals surface area contributed by atoms with Gasteiger partial charge in [-0.2, -0.15) is 13.2 Å². The van der Waals surface area contributed by atoms with Crippen LogP contribution in [-0.2, 0) is 20.7 Å². The number of hydrogen-bond acceptors (Lipinski definition) is 6. The van der Waals surface area contributed by atoms with E-state index in [1.54, 1.807) is 25.1 Å². The smallest absolute Gasteiger partial charge is 0.391 e. The number of alkyl halides is 3. The molecule has 2 rings (SSSR count). The third-order valence-electron chi connectivity index (χ3n) is 4.35. The van der Waals surface area contributed by atoms with Gasteiger partial charge >= 0.3 is 17.8 Å². The molecule has 29 heavy (non-hydrogen) atoms. The number of benzene rings is 1. The summed E-state index contributed by atoms with van der Waals surface area (Å²) in [6.45, 7) is 1.68. The van der Waals surface area contributed by atoms with Crippen LogP contribution >= 0.6 is 0 Å². The molecule has 0 saturated carbocycles. The second kappa shape index (κ2) is 8.97. The lowest BCUT2D eigenvalue weighted by Crippen LogP contribution is -2.44. The van der Waals surface area contributed by atoms with Crippen LogP contribution in [0, 0.1) is 6.92 Å². The van der Waals surface area contributed by atoms with E-state index >= 15 is 0 Å². The molecule has 2 aromatic rings. The largest absolute Gasteiger partial charge is 0.497 e. The van der Waals surface area contributed by atoms with Crippen LogP contribution in [0.25, 0.3) is 11.0 Å². The van der Waals surface area contributed by atoms with Crippen molar-refractivity contribution in [2.75, 3.05) is 14.2 Å². The highest BCUT2D eigenvalue weighted by Crippen LogP contribution is 2.25. The van der Waals surface area contributed by atoms with Gasteiger partial charge < -0.3 is 19.2 Å². The minimum absolute atomic E-state index is 0.0676. The van der Waals surface area contributed by atoms with E-state index in [9.17, 15) is 27.6 Å². The molecule has 0 spiro atoms. The number of rotatable bonds is 7. The Bertz CT molecular complexity index is 967. The van der Waals surface area contributed by atoms with Gasteiger partial charge in [-0.1, -0.05) is 0 Å². The van der Waals surface area contributed by atoms with Gasteiger partial charge in [0, 0.05) is 23.4 Å². The van der Waals surface area contributed by atoms with Crippen molar-refractivity contribution >= 4 is 22.8 Å². The Morgan fingerprint density at radius 1 is 1.24 bits per heavy atom. The zero-order valence-corrected chi connectivity index (χ0v) is 16.0. The highest BCUT2D eigenvalue weighted by Gasteiger charge is 2.36. The number of carbonyl (C=O) groups excluding carboxylic acids is 2. The van der Waals surface area contributed by atoms with E-state index in [1.807, 2.05) is 5.32 Å². The fraction of sp³-hybridized carbons (Fsp3) is 0.421. The molecule has 1 amide bonds. The molecule has 7 nitrogen and oxygen atoms in total. The van der Waals surface area contributed by atoms with Gasteiger partial charge in [-0.25, -0.2) is 9.59 Å². The summed E-state index contributed by atoms with van der Waals surface area (Å²) in [5.41, 5.74) is 0.474. The van der Waals surface area contributed by atoms with E-state index in [-0.39, 0.29) is 18.4 Å². The Balaban J connectivity index is 2.15. The van der Waals surface area contributed by atoms with Crippen LogP contribution in [0.15, 0.2) is 27.4 Å². The molecule has 0 bridgehead atoms. The van der Waals surface area contributed by atoms with E-state index in [0.717, 1.165) is 7.11 Å². The average molecular weight is 415 g/mol. The summed E-state index contributed by atoms with van der Waals surface area (Å²) in [5, 5.41) is 2.65. The maximum atomic E-state index is 12.6. The predicted octanol–water partition coefficient (Wildman–Crippen LogP) is 2.65. The van der Waals surface area contributed by atoms with Crippen LogP contribution in [0.1, 0.15) is 24.0 Å². The standard InChI is InChI=1S/C19H20F3NO6/c1-10-12-5-4-11(27-2)8-15(12)29-17(25)13(10)6-7-16(24)23-14(18(26)28-3)9-19(20,21)22/h4-5,8,14H,6-7,9H2,1-3H3,(H,23,24)/t14-/m0/s1. The van der Waals surface area contributed by atoms with Crippen LogP contribution in [0.3, 0.4) is 0 Å². The quantitative estimate of drug-likeness (QED) is 0.552. The molecule has 1 atom stereocenters. The van der Waals surface area contributed by atoms with Gasteiger partial charge in [0.1, 0.15) is 17.4 Å².